The van der Waals surface area contributed by atoms with Gasteiger partial charge in [-0.3, -0.25) is 0 Å². The van der Waals surface area contributed by atoms with Gasteiger partial charge in [0.1, 0.15) is 11.5 Å². The Balaban J connectivity index is 2.52. The molecule has 2 heteroatoms. The fraction of sp³-hybridized carbons (Fsp3) is 0.455. The molecule has 0 unspecified atom stereocenters. The molecule has 1 aromatic carbocycles. The monoisotopic (exact) mass is 178 g/mol. The van der Waals surface area contributed by atoms with Crippen LogP contribution in [-0.4, -0.2) is 12.2 Å². The number of rotatable bonds is 1. The average Bonchev–Trinajstić information content (AvgIpc) is 2.19. The Morgan fingerprint density at radius 3 is 2.54 bits per heavy atom. The molecule has 0 aromatic heterocycles. The van der Waals surface area contributed by atoms with Crippen molar-refractivity contribution in [1.82, 2.24) is 0 Å². The first-order valence-corrected chi connectivity index (χ1v) is 4.70. The van der Waals surface area contributed by atoms with Gasteiger partial charge in [0.15, 0.2) is 0 Å². The van der Waals surface area contributed by atoms with Crippen LogP contribution in [0.25, 0.3) is 0 Å². The second-order valence-corrected chi connectivity index (χ2v) is 3.45. The number of hydrogen-bond donors (Lipinski definition) is 1. The van der Waals surface area contributed by atoms with Crippen molar-refractivity contribution < 1.29 is 9.84 Å². The maximum Gasteiger partial charge on any atom is 0.122 e. The Morgan fingerprint density at radius 2 is 1.85 bits per heavy atom. The lowest BCUT2D eigenvalue weighted by atomic mass is 9.90. The quantitative estimate of drug-likeness (QED) is 0.714. The van der Waals surface area contributed by atoms with Gasteiger partial charge in [0.05, 0.1) is 7.11 Å². The van der Waals surface area contributed by atoms with Crippen LogP contribution in [0.15, 0.2) is 12.1 Å². The molecule has 0 fully saturated rings. The van der Waals surface area contributed by atoms with E-state index in [0.29, 0.717) is 5.75 Å². The molecular formula is C11H14O2. The Hall–Kier alpha value is -1.18. The molecule has 70 valence electrons. The van der Waals surface area contributed by atoms with Gasteiger partial charge in [-0.2, -0.15) is 0 Å². The summed E-state index contributed by atoms with van der Waals surface area (Å²) in [5, 5.41) is 9.62. The van der Waals surface area contributed by atoms with E-state index in [1.807, 2.05) is 6.07 Å². The first-order chi connectivity index (χ1) is 6.33. The second-order valence-electron chi connectivity index (χ2n) is 3.45. The van der Waals surface area contributed by atoms with Gasteiger partial charge in [-0.05, 0) is 37.8 Å². The summed E-state index contributed by atoms with van der Waals surface area (Å²) in [4.78, 5) is 0. The number of phenols is 1. The number of aromatic hydroxyl groups is 1. The van der Waals surface area contributed by atoms with Crippen molar-refractivity contribution in [2.45, 2.75) is 25.7 Å². The van der Waals surface area contributed by atoms with Gasteiger partial charge < -0.3 is 9.84 Å². The maximum atomic E-state index is 9.62. The molecule has 0 amide bonds. The van der Waals surface area contributed by atoms with Crippen molar-refractivity contribution in [1.29, 1.82) is 0 Å². The van der Waals surface area contributed by atoms with Gasteiger partial charge in [-0.1, -0.05) is 0 Å². The molecule has 0 heterocycles. The molecule has 0 saturated heterocycles. The van der Waals surface area contributed by atoms with Crippen molar-refractivity contribution in [2.24, 2.45) is 0 Å². The maximum absolute atomic E-state index is 9.62. The van der Waals surface area contributed by atoms with E-state index >= 15 is 0 Å². The number of hydrogen-bond acceptors (Lipinski definition) is 2. The smallest absolute Gasteiger partial charge is 0.122 e. The van der Waals surface area contributed by atoms with Crippen molar-refractivity contribution in [3.63, 3.8) is 0 Å². The summed E-state index contributed by atoms with van der Waals surface area (Å²) in [6.45, 7) is 0. The van der Waals surface area contributed by atoms with Crippen molar-refractivity contribution >= 4 is 0 Å². The highest BCUT2D eigenvalue weighted by molar-refractivity contribution is 5.49. The van der Waals surface area contributed by atoms with Crippen molar-refractivity contribution in [2.75, 3.05) is 7.11 Å². The molecule has 0 atom stereocenters. The summed E-state index contributed by atoms with van der Waals surface area (Å²) in [5.41, 5.74) is 2.29. The summed E-state index contributed by atoms with van der Waals surface area (Å²) < 4.78 is 5.26. The van der Waals surface area contributed by atoms with Crippen LogP contribution in [0.3, 0.4) is 0 Å². The van der Waals surface area contributed by atoms with Gasteiger partial charge in [0.2, 0.25) is 0 Å². The third-order valence-electron chi connectivity index (χ3n) is 2.69. The molecule has 0 bridgehead atoms. The second kappa shape index (κ2) is 3.29. The lowest BCUT2D eigenvalue weighted by Gasteiger charge is -2.19. The van der Waals surface area contributed by atoms with Crippen LogP contribution in [0, 0.1) is 0 Å². The van der Waals surface area contributed by atoms with E-state index in [1.165, 1.54) is 18.4 Å². The first-order valence-electron chi connectivity index (χ1n) is 4.70. The van der Waals surface area contributed by atoms with Gasteiger partial charge >= 0.3 is 0 Å². The molecule has 0 spiro atoms. The van der Waals surface area contributed by atoms with Crippen LogP contribution in [0.2, 0.25) is 0 Å². The number of ether oxygens (including phenoxy) is 1. The lowest BCUT2D eigenvalue weighted by Crippen LogP contribution is -2.04. The van der Waals surface area contributed by atoms with Crippen LogP contribution in [0.1, 0.15) is 24.0 Å². The normalized spacial score (nSPS) is 15.2. The van der Waals surface area contributed by atoms with E-state index in [4.69, 9.17) is 4.74 Å². The van der Waals surface area contributed by atoms with E-state index < -0.39 is 0 Å². The van der Waals surface area contributed by atoms with Gasteiger partial charge in [-0.25, -0.2) is 0 Å². The molecule has 2 nitrogen and oxygen atoms in total. The van der Waals surface area contributed by atoms with Gasteiger partial charge in [0, 0.05) is 11.1 Å². The molecule has 0 aliphatic heterocycles. The molecule has 1 aliphatic carbocycles. The largest absolute Gasteiger partial charge is 0.508 e. The number of fused-ring (bicyclic) bond motifs is 1. The molecule has 1 aromatic rings. The Labute approximate surface area is 78.2 Å². The predicted octanol–water partition coefficient (Wildman–Crippen LogP) is 2.28. The van der Waals surface area contributed by atoms with Crippen LogP contribution in [0.4, 0.5) is 0 Å². The lowest BCUT2D eigenvalue weighted by molar-refractivity contribution is 0.400. The van der Waals surface area contributed by atoms with Gasteiger partial charge in [-0.15, -0.1) is 0 Å². The zero-order chi connectivity index (χ0) is 9.26. The summed E-state index contributed by atoms with van der Waals surface area (Å²) in [6, 6.07) is 3.57. The fourth-order valence-electron chi connectivity index (χ4n) is 2.01. The molecule has 0 radical (unpaired) electrons. The summed E-state index contributed by atoms with van der Waals surface area (Å²) in [5.74, 6) is 1.35. The number of phenolic OH excluding ortho intramolecular Hbond substituents is 1. The zero-order valence-electron chi connectivity index (χ0n) is 7.84. The average molecular weight is 178 g/mol. The molecule has 2 rings (SSSR count). The molecule has 0 saturated carbocycles. The van der Waals surface area contributed by atoms with Crippen LogP contribution < -0.4 is 4.74 Å². The van der Waals surface area contributed by atoms with E-state index in [2.05, 4.69) is 0 Å². The van der Waals surface area contributed by atoms with E-state index in [9.17, 15) is 5.11 Å². The minimum atomic E-state index is 0.426. The topological polar surface area (TPSA) is 29.5 Å². The Bertz CT molecular complexity index is 318. The highest BCUT2D eigenvalue weighted by Gasteiger charge is 2.16. The van der Waals surface area contributed by atoms with Crippen molar-refractivity contribution in [3.05, 3.63) is 23.3 Å². The minimum Gasteiger partial charge on any atom is -0.508 e. The fourth-order valence-corrected chi connectivity index (χ4v) is 2.01. The molecule has 1 N–H and O–H groups in total. The highest BCUT2D eigenvalue weighted by atomic mass is 16.5. The highest BCUT2D eigenvalue weighted by Crippen LogP contribution is 2.34. The van der Waals surface area contributed by atoms with E-state index in [-0.39, 0.29) is 0 Å². The van der Waals surface area contributed by atoms with Crippen LogP contribution in [-0.2, 0) is 12.8 Å². The summed E-state index contributed by atoms with van der Waals surface area (Å²) >= 11 is 0. The number of benzene rings is 1. The SMILES string of the molecule is COc1ccc(O)c2c1CCCC2. The third-order valence-corrected chi connectivity index (χ3v) is 2.69. The number of methoxy groups -OCH3 is 1. The Morgan fingerprint density at radius 1 is 1.15 bits per heavy atom. The molecule has 1 aliphatic rings. The Kier molecular flexibility index (Phi) is 2.13. The first kappa shape index (κ1) is 8.42. The van der Waals surface area contributed by atoms with E-state index in [1.54, 1.807) is 13.2 Å². The summed E-state index contributed by atoms with van der Waals surface area (Å²) in [6.07, 6.45) is 4.39. The molecular weight excluding hydrogens is 164 g/mol. The zero-order valence-corrected chi connectivity index (χ0v) is 7.84. The van der Waals surface area contributed by atoms with Crippen LogP contribution in [0.5, 0.6) is 11.5 Å². The van der Waals surface area contributed by atoms with Crippen LogP contribution >= 0.6 is 0 Å². The summed E-state index contributed by atoms with van der Waals surface area (Å²) in [7, 11) is 1.68. The van der Waals surface area contributed by atoms with Crippen molar-refractivity contribution in [3.8, 4) is 11.5 Å². The van der Waals surface area contributed by atoms with Gasteiger partial charge in [0.25, 0.3) is 0 Å². The molecule has 13 heavy (non-hydrogen) atoms. The minimum absolute atomic E-state index is 0.426. The standard InChI is InChI=1S/C11H14O2/c1-13-11-7-6-10(12)8-4-2-3-5-9(8)11/h6-7,12H,2-5H2,1H3. The van der Waals surface area contributed by atoms with E-state index in [0.717, 1.165) is 24.2 Å². The predicted molar refractivity (Wildman–Crippen MR) is 51.3 cm³/mol. The third kappa shape index (κ3) is 1.37.